The Balaban J connectivity index is 2.13. The van der Waals surface area contributed by atoms with E-state index < -0.39 is 18.2 Å². The number of hydrogen-bond acceptors (Lipinski definition) is 4. The molecule has 4 nitrogen and oxygen atoms in total. The van der Waals surface area contributed by atoms with Crippen LogP contribution in [0, 0.1) is 0 Å². The van der Waals surface area contributed by atoms with Gasteiger partial charge in [-0.05, 0) is 11.6 Å². The summed E-state index contributed by atoms with van der Waals surface area (Å²) in [6.07, 6.45) is 2.90. The van der Waals surface area contributed by atoms with Crippen LogP contribution in [-0.4, -0.2) is 30.4 Å². The lowest BCUT2D eigenvalue weighted by Gasteiger charge is -2.25. The van der Waals surface area contributed by atoms with Crippen molar-refractivity contribution in [3.63, 3.8) is 0 Å². The summed E-state index contributed by atoms with van der Waals surface area (Å²) in [6, 6.07) is 9.56. The number of methoxy groups -OCH3 is 1. The lowest BCUT2D eigenvalue weighted by atomic mass is 10.1. The molecule has 1 aromatic rings. The van der Waals surface area contributed by atoms with Crippen LogP contribution in [0.15, 0.2) is 48.2 Å². The fraction of sp³-hybridized carbons (Fsp3) is 0.214. The second-order valence-electron chi connectivity index (χ2n) is 3.87. The Morgan fingerprint density at radius 1 is 1.33 bits per heavy atom. The topological polar surface area (TPSA) is 55.8 Å². The number of esters is 1. The minimum absolute atomic E-state index is 0.217. The van der Waals surface area contributed by atoms with Crippen molar-refractivity contribution in [2.75, 3.05) is 7.11 Å². The largest absolute Gasteiger partial charge is 0.498 e. The molecule has 1 aliphatic heterocycles. The third kappa shape index (κ3) is 2.78. The van der Waals surface area contributed by atoms with Crippen LogP contribution >= 0.6 is 0 Å². The molecule has 0 saturated carbocycles. The van der Waals surface area contributed by atoms with E-state index in [9.17, 15) is 9.90 Å². The Hall–Kier alpha value is -2.07. The average Bonchev–Trinajstić information content (AvgIpc) is 2.40. The van der Waals surface area contributed by atoms with Crippen LogP contribution in [0.5, 0.6) is 0 Å². The summed E-state index contributed by atoms with van der Waals surface area (Å²) in [5.74, 6) is -0.297. The lowest BCUT2D eigenvalue weighted by Crippen LogP contribution is -2.35. The van der Waals surface area contributed by atoms with E-state index in [1.807, 2.05) is 30.3 Å². The first-order chi connectivity index (χ1) is 8.70. The van der Waals surface area contributed by atoms with E-state index in [1.165, 1.54) is 7.11 Å². The summed E-state index contributed by atoms with van der Waals surface area (Å²) in [4.78, 5) is 11.3. The molecular formula is C14H14O4. The quantitative estimate of drug-likeness (QED) is 0.821. The number of cyclic esters (lactones) is 1. The molecule has 0 amide bonds. The van der Waals surface area contributed by atoms with Gasteiger partial charge in [-0.15, -0.1) is 0 Å². The molecule has 0 aromatic heterocycles. The molecule has 2 rings (SSSR count). The highest BCUT2D eigenvalue weighted by molar-refractivity contribution is 5.84. The molecule has 1 aliphatic rings. The standard InChI is InChI=1S/C14H14O4/c1-17-12-9-13(15)18-11(14(12)16)8-7-10-5-3-2-4-6-10/h2-9,11,14,16H,1H3/t11-,14-/m0/s1. The van der Waals surface area contributed by atoms with E-state index >= 15 is 0 Å². The van der Waals surface area contributed by atoms with Crippen LogP contribution in [0.1, 0.15) is 5.56 Å². The second-order valence-corrected chi connectivity index (χ2v) is 3.87. The summed E-state index contributed by atoms with van der Waals surface area (Å²) >= 11 is 0. The number of carbonyl (C=O) groups is 1. The fourth-order valence-electron chi connectivity index (χ4n) is 1.69. The summed E-state index contributed by atoms with van der Waals surface area (Å²) in [5.41, 5.74) is 0.967. The molecular weight excluding hydrogens is 232 g/mol. The smallest absolute Gasteiger partial charge is 0.334 e. The monoisotopic (exact) mass is 246 g/mol. The van der Waals surface area contributed by atoms with Gasteiger partial charge in [0.25, 0.3) is 0 Å². The van der Waals surface area contributed by atoms with Crippen LogP contribution in [0.4, 0.5) is 0 Å². The Morgan fingerprint density at radius 3 is 2.72 bits per heavy atom. The van der Waals surface area contributed by atoms with Crippen molar-refractivity contribution in [3.8, 4) is 0 Å². The Bertz CT molecular complexity index is 476. The summed E-state index contributed by atoms with van der Waals surface area (Å²) in [6.45, 7) is 0. The van der Waals surface area contributed by atoms with Crippen molar-refractivity contribution in [3.05, 3.63) is 53.8 Å². The van der Waals surface area contributed by atoms with Crippen LogP contribution in [0.3, 0.4) is 0 Å². The first-order valence-electron chi connectivity index (χ1n) is 5.58. The molecule has 18 heavy (non-hydrogen) atoms. The van der Waals surface area contributed by atoms with Gasteiger partial charge in [-0.25, -0.2) is 4.79 Å². The van der Waals surface area contributed by atoms with E-state index in [-0.39, 0.29) is 5.76 Å². The maximum absolute atomic E-state index is 11.3. The van der Waals surface area contributed by atoms with E-state index in [0.717, 1.165) is 11.6 Å². The highest BCUT2D eigenvalue weighted by Crippen LogP contribution is 2.19. The normalized spacial score (nSPS) is 23.7. The van der Waals surface area contributed by atoms with Crippen LogP contribution < -0.4 is 0 Å². The predicted octanol–water partition coefficient (Wildman–Crippen LogP) is 1.52. The number of rotatable bonds is 3. The van der Waals surface area contributed by atoms with Gasteiger partial charge in [0, 0.05) is 0 Å². The van der Waals surface area contributed by atoms with Crippen LogP contribution in [-0.2, 0) is 14.3 Å². The van der Waals surface area contributed by atoms with E-state index in [1.54, 1.807) is 12.2 Å². The number of aliphatic hydroxyl groups is 1. The highest BCUT2D eigenvalue weighted by atomic mass is 16.6. The summed E-state index contributed by atoms with van der Waals surface area (Å²) in [7, 11) is 1.41. The van der Waals surface area contributed by atoms with Gasteiger partial charge in [-0.2, -0.15) is 0 Å². The third-order valence-corrected chi connectivity index (χ3v) is 2.63. The molecule has 1 aromatic carbocycles. The van der Waals surface area contributed by atoms with Gasteiger partial charge in [-0.1, -0.05) is 36.4 Å². The molecule has 0 unspecified atom stereocenters. The first kappa shape index (κ1) is 12.4. The number of carbonyl (C=O) groups excluding carboxylic acids is 1. The Labute approximate surface area is 105 Å². The third-order valence-electron chi connectivity index (χ3n) is 2.63. The van der Waals surface area contributed by atoms with E-state index in [0.29, 0.717) is 0 Å². The molecule has 0 radical (unpaired) electrons. The van der Waals surface area contributed by atoms with Gasteiger partial charge in [0.2, 0.25) is 0 Å². The highest BCUT2D eigenvalue weighted by Gasteiger charge is 2.30. The summed E-state index contributed by atoms with van der Waals surface area (Å²) in [5, 5.41) is 9.90. The molecule has 1 heterocycles. The SMILES string of the molecule is COC1=CC(=O)O[C@@H](C=Cc2ccccc2)[C@@H]1O. The molecule has 0 aliphatic carbocycles. The molecule has 0 saturated heterocycles. The van der Waals surface area contributed by atoms with E-state index in [4.69, 9.17) is 9.47 Å². The van der Waals surface area contributed by atoms with Crippen molar-refractivity contribution in [2.45, 2.75) is 12.2 Å². The molecule has 2 atom stereocenters. The summed E-state index contributed by atoms with van der Waals surface area (Å²) < 4.78 is 9.95. The second kappa shape index (κ2) is 5.51. The zero-order valence-electron chi connectivity index (χ0n) is 9.95. The molecule has 1 N–H and O–H groups in total. The molecule has 4 heteroatoms. The molecule has 0 bridgehead atoms. The fourth-order valence-corrected chi connectivity index (χ4v) is 1.69. The van der Waals surface area contributed by atoms with Gasteiger partial charge in [0.1, 0.15) is 5.76 Å². The molecule has 94 valence electrons. The predicted molar refractivity (Wildman–Crippen MR) is 66.5 cm³/mol. The van der Waals surface area contributed by atoms with Gasteiger partial charge in [0.15, 0.2) is 12.2 Å². The lowest BCUT2D eigenvalue weighted by molar-refractivity contribution is -0.148. The minimum Gasteiger partial charge on any atom is -0.498 e. The maximum atomic E-state index is 11.3. The van der Waals surface area contributed by atoms with Crippen LogP contribution in [0.2, 0.25) is 0 Å². The minimum atomic E-state index is -0.965. The number of ether oxygens (including phenoxy) is 2. The van der Waals surface area contributed by atoms with Gasteiger partial charge >= 0.3 is 5.97 Å². The Kier molecular flexibility index (Phi) is 3.79. The zero-order valence-corrected chi connectivity index (χ0v) is 9.95. The van der Waals surface area contributed by atoms with Gasteiger partial charge in [-0.3, -0.25) is 0 Å². The first-order valence-corrected chi connectivity index (χ1v) is 5.58. The van der Waals surface area contributed by atoms with Gasteiger partial charge < -0.3 is 14.6 Å². The number of aliphatic hydroxyl groups excluding tert-OH is 1. The number of hydrogen-bond donors (Lipinski definition) is 1. The molecule has 0 spiro atoms. The van der Waals surface area contributed by atoms with Crippen molar-refractivity contribution in [1.82, 2.24) is 0 Å². The van der Waals surface area contributed by atoms with Crippen molar-refractivity contribution >= 4 is 12.0 Å². The van der Waals surface area contributed by atoms with Crippen molar-refractivity contribution < 1.29 is 19.4 Å². The van der Waals surface area contributed by atoms with Crippen LogP contribution in [0.25, 0.3) is 6.08 Å². The molecule has 0 fully saturated rings. The zero-order chi connectivity index (χ0) is 13.0. The van der Waals surface area contributed by atoms with Crippen molar-refractivity contribution in [1.29, 1.82) is 0 Å². The number of benzene rings is 1. The van der Waals surface area contributed by atoms with E-state index in [2.05, 4.69) is 0 Å². The Morgan fingerprint density at radius 2 is 2.06 bits per heavy atom. The maximum Gasteiger partial charge on any atom is 0.334 e. The van der Waals surface area contributed by atoms with Gasteiger partial charge in [0.05, 0.1) is 13.2 Å². The average molecular weight is 246 g/mol. The van der Waals surface area contributed by atoms with Crippen molar-refractivity contribution in [2.24, 2.45) is 0 Å².